The molecule has 0 saturated heterocycles. The molecule has 0 aromatic carbocycles. The van der Waals surface area contributed by atoms with Crippen LogP contribution in [0.25, 0.3) is 0 Å². The molecule has 0 aliphatic carbocycles. The van der Waals surface area contributed by atoms with Gasteiger partial charge in [-0.2, -0.15) is 0 Å². The van der Waals surface area contributed by atoms with E-state index in [0.717, 1.165) is 12.1 Å². The monoisotopic (exact) mass is 207 g/mol. The molecule has 0 amide bonds. The Labute approximate surface area is 90.1 Å². The fourth-order valence-electron chi connectivity index (χ4n) is 1.23. The lowest BCUT2D eigenvalue weighted by Crippen LogP contribution is -2.17. The smallest absolute Gasteiger partial charge is 0.138 e. The maximum absolute atomic E-state index is 11.6. The summed E-state index contributed by atoms with van der Waals surface area (Å²) < 4.78 is 0. The lowest BCUT2D eigenvalue weighted by Gasteiger charge is -2.08. The van der Waals surface area contributed by atoms with Gasteiger partial charge in [-0.1, -0.05) is 0 Å². The summed E-state index contributed by atoms with van der Waals surface area (Å²) in [6, 6.07) is 1.72. The summed E-state index contributed by atoms with van der Waals surface area (Å²) in [5, 5.41) is 0. The average Bonchev–Trinajstić information content (AvgIpc) is 2.18. The van der Waals surface area contributed by atoms with Gasteiger partial charge in [-0.05, 0) is 20.2 Å². The Morgan fingerprint density at radius 1 is 1.53 bits per heavy atom. The Morgan fingerprint density at radius 2 is 2.27 bits per heavy atom. The first kappa shape index (κ1) is 11.7. The second-order valence-corrected chi connectivity index (χ2v) is 3.84. The molecular weight excluding hydrogens is 190 g/mol. The maximum atomic E-state index is 11.6. The topological polar surface area (TPSA) is 59.2 Å². The minimum Gasteiger partial charge on any atom is -0.398 e. The molecule has 0 atom stereocenters. The fourth-order valence-corrected chi connectivity index (χ4v) is 1.23. The molecule has 0 fully saturated rings. The second kappa shape index (κ2) is 5.46. The van der Waals surface area contributed by atoms with Crippen molar-refractivity contribution < 1.29 is 4.79 Å². The Kier molecular flexibility index (Phi) is 4.24. The number of carbonyl (C=O) groups is 1. The van der Waals surface area contributed by atoms with Crippen LogP contribution in [0.4, 0.5) is 5.69 Å². The van der Waals surface area contributed by atoms with Crippen LogP contribution in [-0.2, 0) is 11.2 Å². The zero-order chi connectivity index (χ0) is 11.3. The van der Waals surface area contributed by atoms with Gasteiger partial charge >= 0.3 is 0 Å². The number of anilines is 1. The third-order valence-electron chi connectivity index (χ3n) is 2.17. The van der Waals surface area contributed by atoms with Crippen molar-refractivity contribution in [1.82, 2.24) is 9.88 Å². The Morgan fingerprint density at radius 3 is 2.87 bits per heavy atom. The number of ketones is 1. The minimum absolute atomic E-state index is 0.198. The van der Waals surface area contributed by atoms with Crippen molar-refractivity contribution in [1.29, 1.82) is 0 Å². The molecule has 0 radical (unpaired) electrons. The summed E-state index contributed by atoms with van der Waals surface area (Å²) in [7, 11) is 3.90. The molecule has 82 valence electrons. The van der Waals surface area contributed by atoms with Crippen LogP contribution in [-0.4, -0.2) is 36.3 Å². The van der Waals surface area contributed by atoms with Crippen LogP contribution in [0.1, 0.15) is 12.0 Å². The number of nitrogens with zero attached hydrogens (tertiary/aromatic N) is 2. The van der Waals surface area contributed by atoms with Gasteiger partial charge in [0.2, 0.25) is 0 Å². The molecule has 4 heteroatoms. The summed E-state index contributed by atoms with van der Waals surface area (Å²) in [6.45, 7) is 0.777. The molecule has 4 nitrogen and oxygen atoms in total. The van der Waals surface area contributed by atoms with E-state index in [0.29, 0.717) is 18.5 Å². The van der Waals surface area contributed by atoms with Crippen LogP contribution in [0.3, 0.4) is 0 Å². The quantitative estimate of drug-likeness (QED) is 0.773. The number of carbonyl (C=O) groups excluding carboxylic acids is 1. The second-order valence-electron chi connectivity index (χ2n) is 3.84. The Bertz CT molecular complexity index is 336. The summed E-state index contributed by atoms with van der Waals surface area (Å²) in [5.74, 6) is 0.198. The molecule has 15 heavy (non-hydrogen) atoms. The van der Waals surface area contributed by atoms with Crippen LogP contribution < -0.4 is 5.73 Å². The number of pyridine rings is 1. The van der Waals surface area contributed by atoms with Crippen LogP contribution in [0.2, 0.25) is 0 Å². The van der Waals surface area contributed by atoms with Gasteiger partial charge in [0.15, 0.2) is 0 Å². The van der Waals surface area contributed by atoms with E-state index in [4.69, 9.17) is 5.73 Å². The number of nitrogen functional groups attached to an aromatic ring is 1. The van der Waals surface area contributed by atoms with Crippen molar-refractivity contribution in [3.05, 3.63) is 24.0 Å². The molecule has 0 saturated carbocycles. The number of hydrogen-bond acceptors (Lipinski definition) is 4. The third kappa shape index (κ3) is 4.08. The zero-order valence-electron chi connectivity index (χ0n) is 9.23. The number of rotatable bonds is 5. The summed E-state index contributed by atoms with van der Waals surface area (Å²) in [4.78, 5) is 17.5. The zero-order valence-corrected chi connectivity index (χ0v) is 9.23. The first-order valence-corrected chi connectivity index (χ1v) is 4.94. The molecule has 1 rings (SSSR count). The molecule has 0 spiro atoms. The van der Waals surface area contributed by atoms with E-state index in [2.05, 4.69) is 4.98 Å². The van der Waals surface area contributed by atoms with Crippen molar-refractivity contribution in [2.24, 2.45) is 0 Å². The van der Waals surface area contributed by atoms with Gasteiger partial charge in [0.1, 0.15) is 5.78 Å². The molecule has 2 N–H and O–H groups in total. The number of aromatic nitrogens is 1. The minimum atomic E-state index is 0.198. The van der Waals surface area contributed by atoms with E-state index >= 15 is 0 Å². The molecule has 1 heterocycles. The first-order chi connectivity index (χ1) is 7.09. The molecule has 1 aromatic heterocycles. The van der Waals surface area contributed by atoms with Crippen LogP contribution in [0, 0.1) is 0 Å². The van der Waals surface area contributed by atoms with Crippen LogP contribution >= 0.6 is 0 Å². The number of Topliss-reactive ketones (excluding diaryl/α,β-unsaturated/α-hetero) is 1. The largest absolute Gasteiger partial charge is 0.398 e. The standard InChI is InChI=1S/C11H17N3O/c1-14(2)6-4-10(15)7-9-8-13-5-3-11(9)12/h3,5,8H,4,6-7H2,1-2H3,(H2,12,13). The van der Waals surface area contributed by atoms with Gasteiger partial charge in [-0.3, -0.25) is 9.78 Å². The van der Waals surface area contributed by atoms with Crippen LogP contribution in [0.5, 0.6) is 0 Å². The van der Waals surface area contributed by atoms with Crippen LogP contribution in [0.15, 0.2) is 18.5 Å². The highest BCUT2D eigenvalue weighted by molar-refractivity contribution is 5.82. The number of hydrogen-bond donors (Lipinski definition) is 1. The molecular formula is C11H17N3O. The normalized spacial score (nSPS) is 10.6. The van der Waals surface area contributed by atoms with Crippen molar-refractivity contribution in [2.45, 2.75) is 12.8 Å². The van der Waals surface area contributed by atoms with Crippen molar-refractivity contribution >= 4 is 11.5 Å². The van der Waals surface area contributed by atoms with E-state index in [1.165, 1.54) is 0 Å². The van der Waals surface area contributed by atoms with Gasteiger partial charge in [0, 0.05) is 43.0 Å². The van der Waals surface area contributed by atoms with Crippen molar-refractivity contribution in [3.8, 4) is 0 Å². The lowest BCUT2D eigenvalue weighted by atomic mass is 10.1. The van der Waals surface area contributed by atoms with Gasteiger partial charge in [-0.15, -0.1) is 0 Å². The molecule has 0 bridgehead atoms. The van der Waals surface area contributed by atoms with Gasteiger partial charge < -0.3 is 10.6 Å². The maximum Gasteiger partial charge on any atom is 0.138 e. The summed E-state index contributed by atoms with van der Waals surface area (Å²) >= 11 is 0. The predicted molar refractivity (Wildman–Crippen MR) is 60.5 cm³/mol. The van der Waals surface area contributed by atoms with E-state index < -0.39 is 0 Å². The van der Waals surface area contributed by atoms with Crippen molar-refractivity contribution in [2.75, 3.05) is 26.4 Å². The summed E-state index contributed by atoms with van der Waals surface area (Å²) in [6.07, 6.45) is 4.22. The fraction of sp³-hybridized carbons (Fsp3) is 0.455. The molecule has 0 aliphatic rings. The summed E-state index contributed by atoms with van der Waals surface area (Å²) in [5.41, 5.74) is 7.18. The highest BCUT2D eigenvalue weighted by atomic mass is 16.1. The van der Waals surface area contributed by atoms with E-state index in [1.807, 2.05) is 19.0 Å². The lowest BCUT2D eigenvalue weighted by molar-refractivity contribution is -0.118. The average molecular weight is 207 g/mol. The van der Waals surface area contributed by atoms with E-state index in [9.17, 15) is 4.79 Å². The van der Waals surface area contributed by atoms with E-state index in [-0.39, 0.29) is 5.78 Å². The van der Waals surface area contributed by atoms with Gasteiger partial charge in [-0.25, -0.2) is 0 Å². The molecule has 0 aliphatic heterocycles. The van der Waals surface area contributed by atoms with E-state index in [1.54, 1.807) is 18.5 Å². The molecule has 0 unspecified atom stereocenters. The number of nitrogens with two attached hydrogens (primary N) is 1. The highest BCUT2D eigenvalue weighted by Gasteiger charge is 2.06. The highest BCUT2D eigenvalue weighted by Crippen LogP contribution is 2.10. The van der Waals surface area contributed by atoms with Gasteiger partial charge in [0.05, 0.1) is 0 Å². The Balaban J connectivity index is 2.48. The first-order valence-electron chi connectivity index (χ1n) is 4.94. The Hall–Kier alpha value is -1.42. The van der Waals surface area contributed by atoms with Gasteiger partial charge in [0.25, 0.3) is 0 Å². The molecule has 1 aromatic rings. The SMILES string of the molecule is CN(C)CCC(=O)Cc1cnccc1N. The predicted octanol–water partition coefficient (Wildman–Crippen LogP) is 0.727. The van der Waals surface area contributed by atoms with Crippen molar-refractivity contribution in [3.63, 3.8) is 0 Å². The third-order valence-corrected chi connectivity index (χ3v) is 2.17.